The summed E-state index contributed by atoms with van der Waals surface area (Å²) >= 11 is 3.39. The van der Waals surface area contributed by atoms with Crippen LogP contribution in [0.5, 0.6) is 11.5 Å². The number of phenols is 1. The minimum absolute atomic E-state index is 0.0667. The van der Waals surface area contributed by atoms with Crippen LogP contribution in [0.4, 0.5) is 5.69 Å². The first-order valence-electron chi connectivity index (χ1n) is 6.95. The first kappa shape index (κ1) is 15.4. The van der Waals surface area contributed by atoms with Crippen molar-refractivity contribution in [3.8, 4) is 11.5 Å². The van der Waals surface area contributed by atoms with Gasteiger partial charge in [-0.25, -0.2) is 0 Å². The molecule has 5 heteroatoms. The smallest absolute Gasteiger partial charge is 0.259 e. The SMILES string of the molecule is COc1ccccc1NC(=O)c1cc2ccc(Br)cc2cc1O. The first-order valence-corrected chi connectivity index (χ1v) is 7.74. The normalized spacial score (nSPS) is 10.5. The summed E-state index contributed by atoms with van der Waals surface area (Å²) in [6, 6.07) is 16.0. The molecule has 0 atom stereocenters. The lowest BCUT2D eigenvalue weighted by Gasteiger charge is -2.11. The highest BCUT2D eigenvalue weighted by atomic mass is 79.9. The Morgan fingerprint density at radius 2 is 1.87 bits per heavy atom. The Kier molecular flexibility index (Phi) is 4.21. The minimum Gasteiger partial charge on any atom is -0.507 e. The molecule has 0 spiro atoms. The lowest BCUT2D eigenvalue weighted by atomic mass is 10.1. The van der Waals surface area contributed by atoms with Crippen molar-refractivity contribution in [1.29, 1.82) is 0 Å². The third-order valence-electron chi connectivity index (χ3n) is 3.52. The van der Waals surface area contributed by atoms with Crippen molar-refractivity contribution in [2.24, 2.45) is 0 Å². The quantitative estimate of drug-likeness (QED) is 0.708. The van der Waals surface area contributed by atoms with E-state index in [1.54, 1.807) is 30.3 Å². The van der Waals surface area contributed by atoms with E-state index in [2.05, 4.69) is 21.2 Å². The van der Waals surface area contributed by atoms with Crippen molar-refractivity contribution in [3.05, 3.63) is 64.6 Å². The fourth-order valence-electron chi connectivity index (χ4n) is 2.38. The van der Waals surface area contributed by atoms with Crippen molar-refractivity contribution in [2.45, 2.75) is 0 Å². The van der Waals surface area contributed by atoms with Gasteiger partial charge in [-0.1, -0.05) is 34.1 Å². The number of hydrogen-bond acceptors (Lipinski definition) is 3. The number of amides is 1. The maximum Gasteiger partial charge on any atom is 0.259 e. The van der Waals surface area contributed by atoms with E-state index >= 15 is 0 Å². The number of ether oxygens (including phenoxy) is 1. The molecule has 0 saturated heterocycles. The van der Waals surface area contributed by atoms with E-state index in [1.807, 2.05) is 24.3 Å². The monoisotopic (exact) mass is 371 g/mol. The number of methoxy groups -OCH3 is 1. The molecule has 0 aromatic heterocycles. The number of carbonyl (C=O) groups excluding carboxylic acids is 1. The highest BCUT2D eigenvalue weighted by molar-refractivity contribution is 9.10. The van der Waals surface area contributed by atoms with Crippen LogP contribution < -0.4 is 10.1 Å². The van der Waals surface area contributed by atoms with E-state index in [-0.39, 0.29) is 11.3 Å². The second-order valence-electron chi connectivity index (χ2n) is 5.02. The number of nitrogens with one attached hydrogen (secondary N) is 1. The number of aromatic hydroxyl groups is 1. The van der Waals surface area contributed by atoms with Gasteiger partial charge in [-0.2, -0.15) is 0 Å². The molecule has 3 aromatic rings. The molecule has 0 unspecified atom stereocenters. The van der Waals surface area contributed by atoms with Gasteiger partial charge in [0.25, 0.3) is 5.91 Å². The van der Waals surface area contributed by atoms with E-state index in [1.165, 1.54) is 7.11 Å². The molecule has 2 N–H and O–H groups in total. The van der Waals surface area contributed by atoms with Gasteiger partial charge < -0.3 is 15.2 Å². The van der Waals surface area contributed by atoms with E-state index in [0.717, 1.165) is 15.2 Å². The molecule has 4 nitrogen and oxygen atoms in total. The molecule has 0 aliphatic carbocycles. The molecule has 0 aliphatic heterocycles. The van der Waals surface area contributed by atoms with Crippen LogP contribution in [0, 0.1) is 0 Å². The topological polar surface area (TPSA) is 58.6 Å². The molecular formula is C18H14BrNO3. The van der Waals surface area contributed by atoms with E-state index in [4.69, 9.17) is 4.74 Å². The molecule has 3 rings (SSSR count). The Labute approximate surface area is 141 Å². The van der Waals surface area contributed by atoms with Crippen molar-refractivity contribution in [2.75, 3.05) is 12.4 Å². The summed E-state index contributed by atoms with van der Waals surface area (Å²) in [7, 11) is 1.54. The van der Waals surface area contributed by atoms with Gasteiger partial charge >= 0.3 is 0 Å². The zero-order valence-electron chi connectivity index (χ0n) is 12.3. The number of benzene rings is 3. The van der Waals surface area contributed by atoms with Gasteiger partial charge in [0.05, 0.1) is 18.4 Å². The van der Waals surface area contributed by atoms with Crippen LogP contribution in [-0.4, -0.2) is 18.1 Å². The standard InChI is InChI=1S/C18H14BrNO3/c1-23-17-5-3-2-4-15(17)20-18(22)14-9-11-6-7-13(19)8-12(11)10-16(14)21/h2-10,21H,1H3,(H,20,22). The predicted molar refractivity (Wildman–Crippen MR) is 94.3 cm³/mol. The maximum absolute atomic E-state index is 12.5. The molecule has 0 heterocycles. The van der Waals surface area contributed by atoms with Crippen LogP contribution >= 0.6 is 15.9 Å². The third-order valence-corrected chi connectivity index (χ3v) is 4.01. The second kappa shape index (κ2) is 6.30. The number of phenolic OH excluding ortho intramolecular Hbond substituents is 1. The Morgan fingerprint density at radius 3 is 2.65 bits per heavy atom. The molecule has 0 bridgehead atoms. The number of rotatable bonds is 3. The summed E-state index contributed by atoms with van der Waals surface area (Å²) in [5.41, 5.74) is 0.765. The molecule has 1 amide bonds. The predicted octanol–water partition coefficient (Wildman–Crippen LogP) is 4.57. The molecule has 23 heavy (non-hydrogen) atoms. The van der Waals surface area contributed by atoms with Crippen LogP contribution in [0.2, 0.25) is 0 Å². The summed E-state index contributed by atoms with van der Waals surface area (Å²) in [5, 5.41) is 14.7. The molecule has 116 valence electrons. The molecule has 3 aromatic carbocycles. The second-order valence-corrected chi connectivity index (χ2v) is 5.93. The van der Waals surface area contributed by atoms with Crippen LogP contribution in [0.25, 0.3) is 10.8 Å². The average molecular weight is 372 g/mol. The van der Waals surface area contributed by atoms with E-state index in [9.17, 15) is 9.90 Å². The number of carbonyl (C=O) groups is 1. The zero-order valence-corrected chi connectivity index (χ0v) is 13.9. The summed E-state index contributed by atoms with van der Waals surface area (Å²) in [4.78, 5) is 12.5. The van der Waals surface area contributed by atoms with Crippen molar-refractivity contribution in [1.82, 2.24) is 0 Å². The van der Waals surface area contributed by atoms with Crippen molar-refractivity contribution >= 4 is 38.3 Å². The van der Waals surface area contributed by atoms with E-state index in [0.29, 0.717) is 11.4 Å². The van der Waals surface area contributed by atoms with Crippen LogP contribution in [0.1, 0.15) is 10.4 Å². The fourth-order valence-corrected chi connectivity index (χ4v) is 2.75. The van der Waals surface area contributed by atoms with Gasteiger partial charge in [0.2, 0.25) is 0 Å². The van der Waals surface area contributed by atoms with Gasteiger partial charge in [-0.3, -0.25) is 4.79 Å². The number of fused-ring (bicyclic) bond motifs is 1. The Balaban J connectivity index is 1.97. The Bertz CT molecular complexity index is 893. The highest BCUT2D eigenvalue weighted by Gasteiger charge is 2.14. The minimum atomic E-state index is -0.392. The summed E-state index contributed by atoms with van der Waals surface area (Å²) in [5.74, 6) is 0.102. The zero-order chi connectivity index (χ0) is 16.4. The van der Waals surface area contributed by atoms with Gasteiger partial charge in [-0.15, -0.1) is 0 Å². The van der Waals surface area contributed by atoms with Crippen molar-refractivity contribution < 1.29 is 14.6 Å². The lowest BCUT2D eigenvalue weighted by Crippen LogP contribution is -2.12. The Morgan fingerprint density at radius 1 is 1.09 bits per heavy atom. The van der Waals surface area contributed by atoms with Crippen LogP contribution in [0.15, 0.2) is 59.1 Å². The molecule has 0 fully saturated rings. The van der Waals surface area contributed by atoms with Crippen LogP contribution in [-0.2, 0) is 0 Å². The summed E-state index contributed by atoms with van der Waals surface area (Å²) in [6.07, 6.45) is 0. The van der Waals surface area contributed by atoms with Crippen molar-refractivity contribution in [3.63, 3.8) is 0 Å². The molecule has 0 radical (unpaired) electrons. The molecule has 0 saturated carbocycles. The first-order chi connectivity index (χ1) is 11.1. The fraction of sp³-hybridized carbons (Fsp3) is 0.0556. The van der Waals surface area contributed by atoms with Gasteiger partial charge in [0.15, 0.2) is 0 Å². The third kappa shape index (κ3) is 3.14. The average Bonchev–Trinajstić information content (AvgIpc) is 2.54. The van der Waals surface area contributed by atoms with E-state index < -0.39 is 5.91 Å². The largest absolute Gasteiger partial charge is 0.507 e. The number of hydrogen-bond donors (Lipinski definition) is 2. The van der Waals surface area contributed by atoms with Gasteiger partial charge in [0.1, 0.15) is 11.5 Å². The highest BCUT2D eigenvalue weighted by Crippen LogP contribution is 2.29. The van der Waals surface area contributed by atoms with Gasteiger partial charge in [0, 0.05) is 4.47 Å². The Hall–Kier alpha value is -2.53. The molecular weight excluding hydrogens is 358 g/mol. The number of anilines is 1. The number of para-hydroxylation sites is 2. The lowest BCUT2D eigenvalue weighted by molar-refractivity contribution is 0.102. The van der Waals surface area contributed by atoms with Crippen LogP contribution in [0.3, 0.4) is 0 Å². The number of halogens is 1. The van der Waals surface area contributed by atoms with Gasteiger partial charge in [-0.05, 0) is 47.2 Å². The summed E-state index contributed by atoms with van der Waals surface area (Å²) in [6.45, 7) is 0. The summed E-state index contributed by atoms with van der Waals surface area (Å²) < 4.78 is 6.13. The maximum atomic E-state index is 12.5. The molecule has 0 aliphatic rings.